The van der Waals surface area contributed by atoms with Gasteiger partial charge >= 0.3 is 6.03 Å². The fourth-order valence-corrected chi connectivity index (χ4v) is 4.69. The van der Waals surface area contributed by atoms with Gasteiger partial charge < -0.3 is 10.2 Å². The lowest BCUT2D eigenvalue weighted by molar-refractivity contribution is -0.0864. The summed E-state index contributed by atoms with van der Waals surface area (Å²) in [6.07, 6.45) is 6.30. The number of carbonyl (C=O) groups is 1. The molecule has 2 saturated heterocycles. The summed E-state index contributed by atoms with van der Waals surface area (Å²) in [5, 5.41) is 20.8. The molecule has 26 heavy (non-hydrogen) atoms. The number of piperidine rings is 1. The van der Waals surface area contributed by atoms with E-state index in [1.165, 1.54) is 4.80 Å². The number of halogens is 1. The van der Waals surface area contributed by atoms with Crippen LogP contribution in [0.3, 0.4) is 0 Å². The van der Waals surface area contributed by atoms with Gasteiger partial charge in [-0.3, -0.25) is 0 Å². The Labute approximate surface area is 156 Å². The Hall–Kier alpha value is -2.59. The summed E-state index contributed by atoms with van der Waals surface area (Å²) in [4.78, 5) is 16.2. The van der Waals surface area contributed by atoms with E-state index in [-0.39, 0.29) is 17.6 Å². The van der Waals surface area contributed by atoms with Gasteiger partial charge in [0.25, 0.3) is 0 Å². The van der Waals surface area contributed by atoms with Crippen LogP contribution in [0.25, 0.3) is 5.69 Å². The molecule has 2 aliphatic heterocycles. The quantitative estimate of drug-likeness (QED) is 0.894. The number of amides is 2. The van der Waals surface area contributed by atoms with Gasteiger partial charge in [0.1, 0.15) is 5.69 Å². The van der Waals surface area contributed by atoms with Crippen molar-refractivity contribution in [3.8, 4) is 11.8 Å². The predicted octanol–water partition coefficient (Wildman–Crippen LogP) is 3.61. The molecular formula is C18H19ClN6O. The largest absolute Gasteiger partial charge is 0.322 e. The van der Waals surface area contributed by atoms with Gasteiger partial charge in [-0.15, -0.1) is 0 Å². The number of hydrogen-bond acceptors (Lipinski definition) is 4. The molecule has 1 N–H and O–H groups in total. The number of carbonyl (C=O) groups excluding carboxylic acids is 1. The van der Waals surface area contributed by atoms with Gasteiger partial charge in [0, 0.05) is 11.7 Å². The summed E-state index contributed by atoms with van der Waals surface area (Å²) in [5.41, 5.74) is 0.899. The first-order chi connectivity index (χ1) is 12.5. The van der Waals surface area contributed by atoms with E-state index >= 15 is 0 Å². The molecule has 2 unspecified atom stereocenters. The summed E-state index contributed by atoms with van der Waals surface area (Å²) in [5.74, 6) is 0.541. The second kappa shape index (κ2) is 6.29. The van der Waals surface area contributed by atoms with Gasteiger partial charge in [0.2, 0.25) is 0 Å². The van der Waals surface area contributed by atoms with E-state index in [1.54, 1.807) is 30.6 Å². The maximum absolute atomic E-state index is 12.9. The Morgan fingerprint density at radius 3 is 2.92 bits per heavy atom. The fourth-order valence-electron chi connectivity index (χ4n) is 4.50. The monoisotopic (exact) mass is 370 g/mol. The molecule has 8 heteroatoms. The molecule has 1 aromatic heterocycles. The number of hydrogen-bond donors (Lipinski definition) is 1. The zero-order valence-electron chi connectivity index (χ0n) is 14.4. The second-order valence-electron chi connectivity index (χ2n) is 7.25. The lowest BCUT2D eigenvalue weighted by Crippen LogP contribution is -2.72. The molecule has 3 heterocycles. The number of anilines is 1. The second-order valence-corrected chi connectivity index (χ2v) is 7.65. The molecule has 134 valence electrons. The molecule has 3 fully saturated rings. The highest BCUT2D eigenvalue weighted by Crippen LogP contribution is 2.51. The van der Waals surface area contributed by atoms with Gasteiger partial charge in [0.15, 0.2) is 0 Å². The van der Waals surface area contributed by atoms with Crippen LogP contribution in [0.4, 0.5) is 10.5 Å². The van der Waals surface area contributed by atoms with Gasteiger partial charge in [-0.2, -0.15) is 20.3 Å². The highest BCUT2D eigenvalue weighted by atomic mass is 35.5. The first kappa shape index (κ1) is 16.9. The molecule has 5 rings (SSSR count). The third-order valence-electron chi connectivity index (χ3n) is 5.35. The van der Waals surface area contributed by atoms with Crippen molar-refractivity contribution in [1.29, 1.82) is 5.26 Å². The average Bonchev–Trinajstić information content (AvgIpc) is 3.10. The summed E-state index contributed by atoms with van der Waals surface area (Å²) >= 11 is 6.22. The van der Waals surface area contributed by atoms with Crippen LogP contribution in [-0.2, 0) is 0 Å². The summed E-state index contributed by atoms with van der Waals surface area (Å²) in [6, 6.07) is 7.52. The van der Waals surface area contributed by atoms with Crippen molar-refractivity contribution in [3.63, 3.8) is 0 Å². The van der Waals surface area contributed by atoms with Crippen LogP contribution in [0.15, 0.2) is 30.6 Å². The van der Waals surface area contributed by atoms with Crippen LogP contribution in [0, 0.1) is 17.2 Å². The summed E-state index contributed by atoms with van der Waals surface area (Å²) in [6.45, 7) is 2.19. The average molecular weight is 371 g/mol. The highest BCUT2D eigenvalue weighted by molar-refractivity contribution is 6.32. The highest BCUT2D eigenvalue weighted by Gasteiger charge is 2.57. The zero-order chi connectivity index (χ0) is 18.3. The van der Waals surface area contributed by atoms with Crippen LogP contribution in [0.2, 0.25) is 5.02 Å². The Morgan fingerprint density at radius 1 is 1.42 bits per heavy atom. The molecule has 2 amide bonds. The van der Waals surface area contributed by atoms with Crippen molar-refractivity contribution < 1.29 is 4.79 Å². The van der Waals surface area contributed by atoms with Crippen molar-refractivity contribution in [2.24, 2.45) is 5.92 Å². The molecule has 1 aromatic carbocycles. The lowest BCUT2D eigenvalue weighted by Gasteiger charge is -2.62. The molecule has 0 spiro atoms. The molecular weight excluding hydrogens is 352 g/mol. The predicted molar refractivity (Wildman–Crippen MR) is 97.0 cm³/mol. The van der Waals surface area contributed by atoms with E-state index in [2.05, 4.69) is 28.5 Å². The van der Waals surface area contributed by atoms with Crippen LogP contribution in [0.5, 0.6) is 0 Å². The third kappa shape index (κ3) is 2.71. The van der Waals surface area contributed by atoms with E-state index in [0.717, 1.165) is 19.3 Å². The van der Waals surface area contributed by atoms with Crippen molar-refractivity contribution in [3.05, 3.63) is 35.6 Å². The standard InChI is InChI=1S/C18H19ClN6O/c1-12-8-14-11-18(10-12,4-5-20)24(14)17(26)23-13-2-3-15(19)16(9-13)25-21-6-7-22-25/h2-3,6-7,9,12,14H,4,8,10-11H2,1H3,(H,23,26)/t12-,14?,18?/m1/s1. The van der Waals surface area contributed by atoms with Gasteiger partial charge in [-0.1, -0.05) is 18.5 Å². The van der Waals surface area contributed by atoms with Crippen molar-refractivity contribution in [1.82, 2.24) is 19.9 Å². The van der Waals surface area contributed by atoms with Gasteiger partial charge in [-0.05, 0) is 43.4 Å². The van der Waals surface area contributed by atoms with Gasteiger partial charge in [0.05, 0.1) is 35.4 Å². The Kier molecular flexibility index (Phi) is 4.08. The SMILES string of the molecule is C[C@@H]1CC2CC(CC#N)(C1)N2C(=O)Nc1ccc(Cl)c(-n2nccn2)c1. The van der Waals surface area contributed by atoms with E-state index in [9.17, 15) is 10.1 Å². The third-order valence-corrected chi connectivity index (χ3v) is 5.67. The minimum Gasteiger partial charge on any atom is -0.315 e. The molecule has 1 aliphatic carbocycles. The van der Waals surface area contributed by atoms with E-state index < -0.39 is 0 Å². The zero-order valence-corrected chi connectivity index (χ0v) is 15.1. The lowest BCUT2D eigenvalue weighted by atomic mass is 9.63. The smallest absolute Gasteiger partial charge is 0.315 e. The van der Waals surface area contributed by atoms with Crippen LogP contribution < -0.4 is 5.32 Å². The van der Waals surface area contributed by atoms with E-state index in [1.807, 2.05) is 4.90 Å². The molecule has 0 radical (unpaired) electrons. The number of fused-ring (bicyclic) bond motifs is 2. The van der Waals surface area contributed by atoms with Crippen LogP contribution >= 0.6 is 11.6 Å². The van der Waals surface area contributed by atoms with Crippen molar-refractivity contribution in [2.45, 2.75) is 44.2 Å². The maximum Gasteiger partial charge on any atom is 0.322 e. The van der Waals surface area contributed by atoms with E-state index in [4.69, 9.17) is 11.6 Å². The Morgan fingerprint density at radius 2 is 2.19 bits per heavy atom. The minimum atomic E-state index is -0.319. The molecule has 2 aromatic rings. The van der Waals surface area contributed by atoms with Crippen molar-refractivity contribution >= 4 is 23.3 Å². The normalized spacial score (nSPS) is 26.7. The number of rotatable bonds is 3. The number of aromatic nitrogens is 3. The maximum atomic E-state index is 12.9. The number of urea groups is 1. The molecule has 3 atom stereocenters. The minimum absolute atomic E-state index is 0.162. The number of nitriles is 1. The number of benzene rings is 1. The fraction of sp³-hybridized carbons (Fsp3) is 0.444. The molecule has 2 bridgehead atoms. The number of nitrogens with one attached hydrogen (secondary N) is 1. The first-order valence-corrected chi connectivity index (χ1v) is 9.04. The van der Waals surface area contributed by atoms with Crippen molar-refractivity contribution in [2.75, 3.05) is 5.32 Å². The summed E-state index contributed by atoms with van der Waals surface area (Å²) in [7, 11) is 0. The summed E-state index contributed by atoms with van der Waals surface area (Å²) < 4.78 is 0. The van der Waals surface area contributed by atoms with E-state index in [0.29, 0.717) is 28.7 Å². The Bertz CT molecular complexity index is 876. The molecule has 1 saturated carbocycles. The first-order valence-electron chi connectivity index (χ1n) is 8.66. The van der Waals surface area contributed by atoms with Crippen LogP contribution in [-0.4, -0.2) is 37.5 Å². The number of nitrogens with zero attached hydrogens (tertiary/aromatic N) is 5. The molecule has 3 aliphatic rings. The molecule has 7 nitrogen and oxygen atoms in total. The van der Waals surface area contributed by atoms with Crippen LogP contribution in [0.1, 0.15) is 32.6 Å². The Balaban J connectivity index is 1.56. The topological polar surface area (TPSA) is 86.8 Å². The van der Waals surface area contributed by atoms with Gasteiger partial charge in [-0.25, -0.2) is 4.79 Å².